The predicted octanol–water partition coefficient (Wildman–Crippen LogP) is 6.91. The Morgan fingerprint density at radius 2 is 1.40 bits per heavy atom. The second-order valence-electron chi connectivity index (χ2n) is 11.2. The van der Waals surface area contributed by atoms with Crippen molar-refractivity contribution in [2.45, 2.75) is 44.7 Å². The van der Waals surface area contributed by atoms with Crippen LogP contribution in [0, 0.1) is 12.8 Å². The van der Waals surface area contributed by atoms with Gasteiger partial charge in [0.2, 0.25) is 11.8 Å². The van der Waals surface area contributed by atoms with Crippen LogP contribution in [0.5, 0.6) is 0 Å². The van der Waals surface area contributed by atoms with Crippen LogP contribution in [0.4, 0.5) is 5.69 Å². The van der Waals surface area contributed by atoms with Gasteiger partial charge in [-0.2, -0.15) is 0 Å². The molecule has 7 nitrogen and oxygen atoms in total. The lowest BCUT2D eigenvalue weighted by Gasteiger charge is -2.34. The van der Waals surface area contributed by atoms with Crippen molar-refractivity contribution in [3.8, 4) is 0 Å². The molecule has 0 fully saturated rings. The summed E-state index contributed by atoms with van der Waals surface area (Å²) in [5, 5.41) is 3.76. The first-order valence-electron chi connectivity index (χ1n) is 14.7. The quantitative estimate of drug-likeness (QED) is 0.168. The van der Waals surface area contributed by atoms with Crippen LogP contribution in [0.3, 0.4) is 0 Å². The van der Waals surface area contributed by atoms with E-state index in [0.29, 0.717) is 27.7 Å². The Labute approximate surface area is 275 Å². The fourth-order valence-electron chi connectivity index (χ4n) is 4.89. The lowest BCUT2D eigenvalue weighted by molar-refractivity contribution is -0.140. The summed E-state index contributed by atoms with van der Waals surface area (Å²) in [7, 11) is -4.23. The second-order valence-corrected chi connectivity index (χ2v) is 13.8. The van der Waals surface area contributed by atoms with E-state index in [1.807, 2.05) is 44.2 Å². The number of hydrogen-bond donors (Lipinski definition) is 1. The van der Waals surface area contributed by atoms with E-state index in [9.17, 15) is 18.0 Å². The Kier molecular flexibility index (Phi) is 11.7. The molecule has 0 saturated heterocycles. The van der Waals surface area contributed by atoms with Crippen molar-refractivity contribution < 1.29 is 18.0 Å². The summed E-state index contributed by atoms with van der Waals surface area (Å²) in [6, 6.07) is 28.4. The zero-order chi connectivity index (χ0) is 32.6. The van der Waals surface area contributed by atoms with Gasteiger partial charge in [0.05, 0.1) is 10.6 Å². The van der Waals surface area contributed by atoms with Crippen LogP contribution < -0.4 is 9.62 Å². The molecule has 1 atom stereocenters. The normalized spacial score (nSPS) is 12.0. The fraction of sp³-hybridized carbons (Fsp3) is 0.257. The van der Waals surface area contributed by atoms with Crippen LogP contribution in [0.15, 0.2) is 108 Å². The van der Waals surface area contributed by atoms with Crippen molar-refractivity contribution in [3.63, 3.8) is 0 Å². The number of hydrogen-bond acceptors (Lipinski definition) is 4. The molecule has 0 radical (unpaired) electrons. The summed E-state index contributed by atoms with van der Waals surface area (Å²) in [4.78, 5) is 29.9. The average molecular weight is 667 g/mol. The molecule has 0 aliphatic rings. The molecule has 1 N–H and O–H groups in total. The van der Waals surface area contributed by atoms with Crippen molar-refractivity contribution in [3.05, 3.63) is 130 Å². The molecular formula is C35H37Cl2N3O4S. The SMILES string of the molecule is Cc1c(Cl)cccc1N(CC(=O)N(Cc1ccccc1Cl)[C@H](Cc1ccccc1)C(=O)NCC(C)C)S(=O)(=O)c1ccccc1. The van der Waals surface area contributed by atoms with Crippen molar-refractivity contribution in [2.24, 2.45) is 5.92 Å². The van der Waals surface area contributed by atoms with E-state index in [2.05, 4.69) is 5.32 Å². The summed E-state index contributed by atoms with van der Waals surface area (Å²) in [5.74, 6) is -0.741. The van der Waals surface area contributed by atoms with Gasteiger partial charge in [0.25, 0.3) is 10.0 Å². The molecule has 0 aromatic heterocycles. The maximum absolute atomic E-state index is 14.6. The number of sulfonamides is 1. The van der Waals surface area contributed by atoms with E-state index in [4.69, 9.17) is 23.2 Å². The molecule has 0 unspecified atom stereocenters. The minimum absolute atomic E-state index is 0.0150. The lowest BCUT2D eigenvalue weighted by atomic mass is 10.0. The Hall–Kier alpha value is -3.85. The summed E-state index contributed by atoms with van der Waals surface area (Å²) in [6.07, 6.45) is 0.211. The van der Waals surface area contributed by atoms with Crippen molar-refractivity contribution >= 4 is 50.7 Å². The molecule has 45 heavy (non-hydrogen) atoms. The monoisotopic (exact) mass is 665 g/mol. The van der Waals surface area contributed by atoms with E-state index >= 15 is 0 Å². The molecule has 10 heteroatoms. The van der Waals surface area contributed by atoms with Gasteiger partial charge >= 0.3 is 0 Å². The van der Waals surface area contributed by atoms with Crippen LogP contribution in [0.1, 0.15) is 30.5 Å². The molecule has 0 aliphatic heterocycles. The van der Waals surface area contributed by atoms with Gasteiger partial charge < -0.3 is 10.2 Å². The zero-order valence-corrected chi connectivity index (χ0v) is 27.8. The first kappa shape index (κ1) is 34.0. The Bertz CT molecular complexity index is 1720. The largest absolute Gasteiger partial charge is 0.354 e. The van der Waals surface area contributed by atoms with Crippen molar-refractivity contribution in [1.82, 2.24) is 10.2 Å². The highest BCUT2D eigenvalue weighted by molar-refractivity contribution is 7.92. The summed E-state index contributed by atoms with van der Waals surface area (Å²) >= 11 is 13.0. The number of benzene rings is 4. The van der Waals surface area contributed by atoms with Crippen LogP contribution in [-0.2, 0) is 32.6 Å². The van der Waals surface area contributed by atoms with Gasteiger partial charge in [-0.05, 0) is 59.9 Å². The van der Waals surface area contributed by atoms with Crippen molar-refractivity contribution in [1.29, 1.82) is 0 Å². The van der Waals surface area contributed by atoms with E-state index < -0.39 is 28.5 Å². The topological polar surface area (TPSA) is 86.8 Å². The van der Waals surface area contributed by atoms with Gasteiger partial charge in [-0.3, -0.25) is 13.9 Å². The first-order chi connectivity index (χ1) is 21.5. The molecule has 4 aromatic carbocycles. The van der Waals surface area contributed by atoms with Crippen LogP contribution in [0.25, 0.3) is 0 Å². The van der Waals surface area contributed by atoms with Gasteiger partial charge in [-0.1, -0.05) is 110 Å². The minimum atomic E-state index is -4.23. The highest BCUT2D eigenvalue weighted by Gasteiger charge is 2.35. The number of carbonyl (C=O) groups is 2. The molecule has 0 spiro atoms. The number of amides is 2. The van der Waals surface area contributed by atoms with E-state index in [1.165, 1.54) is 17.0 Å². The van der Waals surface area contributed by atoms with Gasteiger partial charge in [0, 0.05) is 29.6 Å². The number of halogens is 2. The maximum atomic E-state index is 14.6. The molecule has 4 rings (SSSR count). The third-order valence-corrected chi connectivity index (χ3v) is 9.92. The van der Waals surface area contributed by atoms with Crippen LogP contribution in [-0.4, -0.2) is 44.3 Å². The van der Waals surface area contributed by atoms with E-state index in [1.54, 1.807) is 67.6 Å². The highest BCUT2D eigenvalue weighted by atomic mass is 35.5. The zero-order valence-electron chi connectivity index (χ0n) is 25.5. The molecule has 236 valence electrons. The third kappa shape index (κ3) is 8.66. The van der Waals surface area contributed by atoms with Gasteiger partial charge in [-0.25, -0.2) is 8.42 Å². The average Bonchev–Trinajstić information content (AvgIpc) is 3.03. The number of carbonyl (C=O) groups excluding carboxylic acids is 2. The van der Waals surface area contributed by atoms with Crippen molar-refractivity contribution in [2.75, 3.05) is 17.4 Å². The molecule has 0 saturated carbocycles. The maximum Gasteiger partial charge on any atom is 0.264 e. The molecule has 2 amide bonds. The van der Waals surface area contributed by atoms with E-state index in [0.717, 1.165) is 9.87 Å². The standard InChI is InChI=1S/C35H37Cl2N3O4S/c1-25(2)22-38-35(42)33(21-27-13-6-4-7-14-27)39(23-28-15-10-11-18-31(28)37)34(41)24-40(32-20-12-19-30(36)26(32)3)45(43,44)29-16-8-5-9-17-29/h4-20,25,33H,21-24H2,1-3H3,(H,38,42)/t33-/m1/s1. The number of rotatable bonds is 13. The van der Waals surface area contributed by atoms with Gasteiger partial charge in [0.1, 0.15) is 12.6 Å². The summed E-state index contributed by atoms with van der Waals surface area (Å²) < 4.78 is 29.4. The van der Waals surface area contributed by atoms with Gasteiger partial charge in [-0.15, -0.1) is 0 Å². The number of anilines is 1. The Morgan fingerprint density at radius 3 is 2.04 bits per heavy atom. The van der Waals surface area contributed by atoms with Crippen LogP contribution in [0.2, 0.25) is 10.0 Å². The number of nitrogens with one attached hydrogen (secondary N) is 1. The first-order valence-corrected chi connectivity index (χ1v) is 16.9. The number of nitrogens with zero attached hydrogens (tertiary/aromatic N) is 2. The molecular weight excluding hydrogens is 629 g/mol. The minimum Gasteiger partial charge on any atom is -0.354 e. The smallest absolute Gasteiger partial charge is 0.264 e. The third-order valence-electron chi connectivity index (χ3n) is 7.37. The Morgan fingerprint density at radius 1 is 0.800 bits per heavy atom. The highest BCUT2D eigenvalue weighted by Crippen LogP contribution is 2.31. The van der Waals surface area contributed by atoms with E-state index in [-0.39, 0.29) is 35.4 Å². The molecule has 0 aliphatic carbocycles. The molecule has 0 bridgehead atoms. The molecule has 0 heterocycles. The summed E-state index contributed by atoms with van der Waals surface area (Å²) in [5.41, 5.74) is 2.23. The fourth-order valence-corrected chi connectivity index (χ4v) is 6.74. The summed E-state index contributed by atoms with van der Waals surface area (Å²) in [6.45, 7) is 5.49. The second kappa shape index (κ2) is 15.4. The predicted molar refractivity (Wildman–Crippen MR) is 181 cm³/mol. The van der Waals surface area contributed by atoms with Crippen LogP contribution >= 0.6 is 23.2 Å². The van der Waals surface area contributed by atoms with Gasteiger partial charge in [0.15, 0.2) is 0 Å². The Balaban J connectivity index is 1.83. The lowest BCUT2D eigenvalue weighted by Crippen LogP contribution is -2.53. The molecule has 4 aromatic rings.